The SMILES string of the molecule is CC(=Cc1ccc(C(=O)O)cc1)c1ccc2c(c1)C(C)(C)CS2. The van der Waals surface area contributed by atoms with Gasteiger partial charge in [0.1, 0.15) is 0 Å². The van der Waals surface area contributed by atoms with Gasteiger partial charge in [-0.15, -0.1) is 11.8 Å². The Balaban J connectivity index is 1.91. The Labute approximate surface area is 141 Å². The van der Waals surface area contributed by atoms with Crippen molar-refractivity contribution < 1.29 is 9.90 Å². The second-order valence-corrected chi connectivity index (χ2v) is 7.66. The van der Waals surface area contributed by atoms with Crippen molar-refractivity contribution >= 4 is 29.4 Å². The standard InChI is InChI=1S/C20H20O2S/c1-13(10-14-4-6-15(7-5-14)19(21)22)16-8-9-18-17(11-16)20(2,3)12-23-18/h4-11H,12H2,1-3H3,(H,21,22). The summed E-state index contributed by atoms with van der Waals surface area (Å²) in [7, 11) is 0. The summed E-state index contributed by atoms with van der Waals surface area (Å²) in [6.07, 6.45) is 2.10. The molecule has 0 saturated heterocycles. The molecule has 2 aromatic rings. The van der Waals surface area contributed by atoms with Crippen molar-refractivity contribution in [3.8, 4) is 0 Å². The molecule has 2 nitrogen and oxygen atoms in total. The summed E-state index contributed by atoms with van der Waals surface area (Å²) in [5.74, 6) is 0.237. The maximum Gasteiger partial charge on any atom is 0.335 e. The molecule has 2 aromatic carbocycles. The summed E-state index contributed by atoms with van der Waals surface area (Å²) >= 11 is 1.93. The lowest BCUT2D eigenvalue weighted by Crippen LogP contribution is -2.15. The van der Waals surface area contributed by atoms with E-state index >= 15 is 0 Å². The zero-order valence-electron chi connectivity index (χ0n) is 13.6. The highest BCUT2D eigenvalue weighted by Crippen LogP contribution is 2.44. The molecule has 0 amide bonds. The van der Waals surface area contributed by atoms with Gasteiger partial charge in [-0.05, 0) is 53.5 Å². The molecule has 0 unspecified atom stereocenters. The average molecular weight is 324 g/mol. The van der Waals surface area contributed by atoms with Crippen molar-refractivity contribution in [3.05, 3.63) is 64.7 Å². The van der Waals surface area contributed by atoms with Gasteiger partial charge in [0.2, 0.25) is 0 Å². The molecular formula is C20H20O2S. The Morgan fingerprint density at radius 3 is 2.43 bits per heavy atom. The third-order valence-electron chi connectivity index (χ3n) is 4.29. The number of allylic oxidation sites excluding steroid dienone is 1. The summed E-state index contributed by atoms with van der Waals surface area (Å²) in [4.78, 5) is 12.3. The lowest BCUT2D eigenvalue weighted by atomic mass is 9.85. The predicted octanol–water partition coefficient (Wildman–Crippen LogP) is 5.33. The maximum absolute atomic E-state index is 10.9. The summed E-state index contributed by atoms with van der Waals surface area (Å²) in [6, 6.07) is 13.7. The monoisotopic (exact) mass is 324 g/mol. The van der Waals surface area contributed by atoms with E-state index in [1.54, 1.807) is 12.1 Å². The maximum atomic E-state index is 10.9. The van der Waals surface area contributed by atoms with Crippen molar-refractivity contribution in [2.45, 2.75) is 31.1 Å². The lowest BCUT2D eigenvalue weighted by molar-refractivity contribution is 0.0697. The highest BCUT2D eigenvalue weighted by molar-refractivity contribution is 7.99. The molecule has 1 N–H and O–H groups in total. The molecule has 0 aromatic heterocycles. The fraction of sp³-hybridized carbons (Fsp3) is 0.250. The number of hydrogen-bond donors (Lipinski definition) is 1. The van der Waals surface area contributed by atoms with Gasteiger partial charge in [0, 0.05) is 16.1 Å². The number of benzene rings is 2. The van der Waals surface area contributed by atoms with E-state index in [9.17, 15) is 4.79 Å². The van der Waals surface area contributed by atoms with E-state index in [0.717, 1.165) is 11.3 Å². The molecule has 1 heterocycles. The fourth-order valence-electron chi connectivity index (χ4n) is 2.82. The molecular weight excluding hydrogens is 304 g/mol. The molecule has 3 rings (SSSR count). The van der Waals surface area contributed by atoms with E-state index in [0.29, 0.717) is 5.56 Å². The topological polar surface area (TPSA) is 37.3 Å². The second-order valence-electron chi connectivity index (χ2n) is 6.64. The van der Waals surface area contributed by atoms with Gasteiger partial charge >= 0.3 is 5.97 Å². The van der Waals surface area contributed by atoms with Gasteiger partial charge in [-0.3, -0.25) is 0 Å². The zero-order chi connectivity index (χ0) is 16.6. The van der Waals surface area contributed by atoms with E-state index in [1.165, 1.54) is 21.6 Å². The minimum Gasteiger partial charge on any atom is -0.478 e. The normalized spacial score (nSPS) is 16.2. The Kier molecular flexibility index (Phi) is 4.07. The molecule has 0 bridgehead atoms. The second kappa shape index (κ2) is 5.89. The number of carboxylic acid groups (broad SMARTS) is 1. The van der Waals surface area contributed by atoms with Crippen LogP contribution < -0.4 is 0 Å². The first kappa shape index (κ1) is 15.9. The quantitative estimate of drug-likeness (QED) is 0.776. The van der Waals surface area contributed by atoms with Gasteiger partial charge < -0.3 is 5.11 Å². The van der Waals surface area contributed by atoms with E-state index < -0.39 is 5.97 Å². The Morgan fingerprint density at radius 1 is 1.13 bits per heavy atom. The molecule has 1 aliphatic rings. The van der Waals surface area contributed by atoms with Gasteiger partial charge in [0.25, 0.3) is 0 Å². The summed E-state index contributed by atoms with van der Waals surface area (Å²) < 4.78 is 0. The molecule has 23 heavy (non-hydrogen) atoms. The largest absolute Gasteiger partial charge is 0.478 e. The average Bonchev–Trinajstić information content (AvgIpc) is 2.83. The summed E-state index contributed by atoms with van der Waals surface area (Å²) in [5.41, 5.74) is 5.39. The first-order valence-electron chi connectivity index (χ1n) is 7.66. The van der Waals surface area contributed by atoms with E-state index in [1.807, 2.05) is 23.9 Å². The predicted molar refractivity (Wildman–Crippen MR) is 97.1 cm³/mol. The van der Waals surface area contributed by atoms with Crippen LogP contribution in [0.2, 0.25) is 0 Å². The van der Waals surface area contributed by atoms with Crippen LogP contribution in [0.5, 0.6) is 0 Å². The molecule has 0 radical (unpaired) electrons. The van der Waals surface area contributed by atoms with Crippen molar-refractivity contribution in [1.29, 1.82) is 0 Å². The van der Waals surface area contributed by atoms with Crippen LogP contribution in [0, 0.1) is 0 Å². The van der Waals surface area contributed by atoms with Crippen LogP contribution in [-0.4, -0.2) is 16.8 Å². The third-order valence-corrected chi connectivity index (χ3v) is 5.83. The number of hydrogen-bond acceptors (Lipinski definition) is 2. The highest BCUT2D eigenvalue weighted by Gasteiger charge is 2.30. The number of aromatic carboxylic acids is 1. The molecule has 3 heteroatoms. The van der Waals surface area contributed by atoms with Gasteiger partial charge in [-0.1, -0.05) is 38.1 Å². The minimum absolute atomic E-state index is 0.222. The van der Waals surface area contributed by atoms with Crippen LogP contribution in [0.1, 0.15) is 47.8 Å². The van der Waals surface area contributed by atoms with Crippen molar-refractivity contribution in [2.24, 2.45) is 0 Å². The molecule has 0 atom stereocenters. The smallest absolute Gasteiger partial charge is 0.335 e. The van der Waals surface area contributed by atoms with Crippen molar-refractivity contribution in [2.75, 3.05) is 5.75 Å². The first-order valence-corrected chi connectivity index (χ1v) is 8.65. The van der Waals surface area contributed by atoms with E-state index in [-0.39, 0.29) is 5.41 Å². The number of fused-ring (bicyclic) bond motifs is 1. The summed E-state index contributed by atoms with van der Waals surface area (Å²) in [6.45, 7) is 6.68. The van der Waals surface area contributed by atoms with Gasteiger partial charge in [-0.2, -0.15) is 0 Å². The molecule has 1 aliphatic heterocycles. The van der Waals surface area contributed by atoms with Crippen molar-refractivity contribution in [3.63, 3.8) is 0 Å². The van der Waals surface area contributed by atoms with Gasteiger partial charge in [0.05, 0.1) is 5.56 Å². The lowest BCUT2D eigenvalue weighted by Gasteiger charge is -2.18. The number of carbonyl (C=O) groups is 1. The zero-order valence-corrected chi connectivity index (χ0v) is 14.4. The number of thioether (sulfide) groups is 1. The van der Waals surface area contributed by atoms with Crippen LogP contribution in [-0.2, 0) is 5.41 Å². The Bertz CT molecular complexity index is 786. The van der Waals surface area contributed by atoms with Gasteiger partial charge in [-0.25, -0.2) is 4.79 Å². The molecule has 0 fully saturated rings. The van der Waals surface area contributed by atoms with Crippen LogP contribution in [0.4, 0.5) is 0 Å². The van der Waals surface area contributed by atoms with Crippen LogP contribution in [0.15, 0.2) is 47.4 Å². The van der Waals surface area contributed by atoms with Crippen molar-refractivity contribution in [1.82, 2.24) is 0 Å². The third kappa shape index (κ3) is 3.20. The molecule has 118 valence electrons. The Morgan fingerprint density at radius 2 is 1.78 bits per heavy atom. The molecule has 0 saturated carbocycles. The van der Waals surface area contributed by atoms with Gasteiger partial charge in [0.15, 0.2) is 0 Å². The Hall–Kier alpha value is -2.00. The number of carboxylic acids is 1. The van der Waals surface area contributed by atoms with E-state index in [2.05, 4.69) is 45.0 Å². The minimum atomic E-state index is -0.893. The van der Waals surface area contributed by atoms with Crippen LogP contribution in [0.3, 0.4) is 0 Å². The highest BCUT2D eigenvalue weighted by atomic mass is 32.2. The fourth-order valence-corrected chi connectivity index (χ4v) is 4.15. The molecule has 0 spiro atoms. The van der Waals surface area contributed by atoms with Crippen LogP contribution >= 0.6 is 11.8 Å². The molecule has 0 aliphatic carbocycles. The number of rotatable bonds is 3. The van der Waals surface area contributed by atoms with E-state index in [4.69, 9.17) is 5.11 Å². The summed E-state index contributed by atoms with van der Waals surface area (Å²) in [5, 5.41) is 8.96. The first-order chi connectivity index (χ1) is 10.9. The van der Waals surface area contributed by atoms with Crippen LogP contribution in [0.25, 0.3) is 11.6 Å².